The maximum atomic E-state index is 13.7. The van der Waals surface area contributed by atoms with Crippen LogP contribution in [-0.2, 0) is 14.2 Å². The topological polar surface area (TPSA) is 127 Å². The van der Waals surface area contributed by atoms with Crippen LogP contribution in [0.1, 0.15) is 17.9 Å². The fourth-order valence-electron chi connectivity index (χ4n) is 4.08. The lowest BCUT2D eigenvalue weighted by Gasteiger charge is -2.47. The fraction of sp³-hybridized carbons (Fsp3) is 0.333. The largest absolute Gasteiger partial charge is 0.388 e. The minimum atomic E-state index is -1.60. The number of hydrogen-bond donors (Lipinski definition) is 1. The summed E-state index contributed by atoms with van der Waals surface area (Å²) in [4.78, 5) is 2.71. The van der Waals surface area contributed by atoms with Crippen molar-refractivity contribution in [3.05, 3.63) is 82.1 Å². The van der Waals surface area contributed by atoms with Gasteiger partial charge >= 0.3 is 0 Å². The van der Waals surface area contributed by atoms with Gasteiger partial charge in [0.25, 0.3) is 0 Å². The molecule has 2 fully saturated rings. The Bertz CT molecular complexity index is 1220. The number of hydrogen-bond acceptors (Lipinski definition) is 7. The van der Waals surface area contributed by atoms with Crippen molar-refractivity contribution in [2.24, 2.45) is 5.11 Å². The van der Waals surface area contributed by atoms with Crippen molar-refractivity contribution in [1.29, 1.82) is 0 Å². The Hall–Kier alpha value is -3.48. The van der Waals surface area contributed by atoms with Crippen LogP contribution >= 0.6 is 0 Å². The van der Waals surface area contributed by atoms with Crippen LogP contribution in [0.25, 0.3) is 21.7 Å². The summed E-state index contributed by atoms with van der Waals surface area (Å²) in [5.74, 6) is -4.35. The Balaban J connectivity index is 1.50. The lowest BCUT2D eigenvalue weighted by Crippen LogP contribution is -2.58. The number of halogens is 3. The zero-order valence-corrected chi connectivity index (χ0v) is 17.3. The van der Waals surface area contributed by atoms with E-state index in [9.17, 15) is 18.3 Å². The number of nitrogens with zero attached hydrogens (tertiary/aromatic N) is 6. The van der Waals surface area contributed by atoms with Gasteiger partial charge in [0.05, 0.1) is 12.8 Å². The molecule has 0 radical (unpaired) electrons. The standard InChI is InChI=1S/C21H17F3N6O4/c22-12-6-11(7-13(23)16(12)24)14-8-30(29-26-14)17-18(31)20(27-28-25)33-15-9-32-21(34-19(15)17)10-4-2-1-3-5-10/h1-8,15,17-21,31H,9H2/t15-,17-,18-,19+,20?,21+/m1/s1. The van der Waals surface area contributed by atoms with Gasteiger partial charge in [-0.25, -0.2) is 17.9 Å². The molecule has 176 valence electrons. The van der Waals surface area contributed by atoms with E-state index in [1.807, 2.05) is 30.3 Å². The third-order valence-corrected chi connectivity index (χ3v) is 5.68. The molecule has 2 aromatic carbocycles. The molecule has 0 amide bonds. The Kier molecular flexibility index (Phi) is 5.94. The monoisotopic (exact) mass is 474 g/mol. The van der Waals surface area contributed by atoms with E-state index in [0.29, 0.717) is 0 Å². The van der Waals surface area contributed by atoms with Crippen molar-refractivity contribution in [3.8, 4) is 11.3 Å². The van der Waals surface area contributed by atoms with E-state index in [1.54, 1.807) is 0 Å². The number of aliphatic hydroxyl groups excluding tert-OH is 1. The lowest BCUT2D eigenvalue weighted by atomic mass is 9.94. The highest BCUT2D eigenvalue weighted by atomic mass is 19.2. The van der Waals surface area contributed by atoms with Gasteiger partial charge in [0, 0.05) is 16.0 Å². The molecule has 34 heavy (non-hydrogen) atoms. The van der Waals surface area contributed by atoms with Crippen molar-refractivity contribution in [2.45, 2.75) is 36.9 Å². The van der Waals surface area contributed by atoms with Crippen LogP contribution in [0.2, 0.25) is 0 Å². The van der Waals surface area contributed by atoms with Crippen molar-refractivity contribution in [1.82, 2.24) is 15.0 Å². The van der Waals surface area contributed by atoms with Gasteiger partial charge in [-0.2, -0.15) is 0 Å². The molecule has 5 rings (SSSR count). The minimum absolute atomic E-state index is 0.0278. The van der Waals surface area contributed by atoms with E-state index < -0.39 is 54.3 Å². The van der Waals surface area contributed by atoms with E-state index in [0.717, 1.165) is 17.7 Å². The first kappa shape index (κ1) is 22.3. The van der Waals surface area contributed by atoms with Crippen molar-refractivity contribution < 1.29 is 32.5 Å². The van der Waals surface area contributed by atoms with Crippen LogP contribution in [0, 0.1) is 17.5 Å². The fourth-order valence-corrected chi connectivity index (χ4v) is 4.08. The summed E-state index contributed by atoms with van der Waals surface area (Å²) in [6.45, 7) is 0.0703. The zero-order chi connectivity index (χ0) is 23.8. The Labute approximate surface area is 190 Å². The van der Waals surface area contributed by atoms with Gasteiger partial charge in [0.15, 0.2) is 30.0 Å². The summed E-state index contributed by atoms with van der Waals surface area (Å²) in [6.07, 6.45) is -3.65. The van der Waals surface area contributed by atoms with Crippen LogP contribution in [0.4, 0.5) is 13.2 Å². The Morgan fingerprint density at radius 3 is 2.56 bits per heavy atom. The zero-order valence-electron chi connectivity index (χ0n) is 17.3. The molecule has 6 atom stereocenters. The van der Waals surface area contributed by atoms with Crippen LogP contribution in [0.5, 0.6) is 0 Å². The van der Waals surface area contributed by atoms with Gasteiger partial charge in [0.2, 0.25) is 0 Å². The van der Waals surface area contributed by atoms with Crippen molar-refractivity contribution >= 4 is 0 Å². The predicted molar refractivity (Wildman–Crippen MR) is 108 cm³/mol. The SMILES string of the molecule is [N-]=[N+]=NC1O[C@@H]2CO[C@H](c3ccccc3)O[C@@H]2[C@H](n2cc(-c3cc(F)c(F)c(F)c3)nn2)[C@H]1O. The molecule has 2 aliphatic heterocycles. The second kappa shape index (κ2) is 9.05. The van der Waals surface area contributed by atoms with Crippen LogP contribution in [-0.4, -0.2) is 51.2 Å². The van der Waals surface area contributed by atoms with Crippen molar-refractivity contribution in [3.63, 3.8) is 0 Å². The molecule has 1 N–H and O–H groups in total. The molecule has 2 saturated heterocycles. The highest BCUT2D eigenvalue weighted by Gasteiger charge is 2.50. The smallest absolute Gasteiger partial charge is 0.194 e. The normalized spacial score (nSPS) is 28.7. The number of rotatable bonds is 4. The molecule has 0 aliphatic carbocycles. The lowest BCUT2D eigenvalue weighted by molar-refractivity contribution is -0.315. The van der Waals surface area contributed by atoms with Gasteiger partial charge in [0.1, 0.15) is 30.0 Å². The predicted octanol–water partition coefficient (Wildman–Crippen LogP) is 3.41. The molecule has 2 aliphatic rings. The number of aromatic nitrogens is 3. The average Bonchev–Trinajstić information content (AvgIpc) is 3.33. The van der Waals surface area contributed by atoms with Crippen LogP contribution < -0.4 is 0 Å². The Morgan fingerprint density at radius 1 is 1.12 bits per heavy atom. The van der Waals surface area contributed by atoms with Crippen LogP contribution in [0.15, 0.2) is 53.8 Å². The highest BCUT2D eigenvalue weighted by molar-refractivity contribution is 5.57. The summed E-state index contributed by atoms with van der Waals surface area (Å²) < 4.78 is 59.6. The number of azide groups is 1. The molecule has 3 heterocycles. The van der Waals surface area contributed by atoms with Gasteiger partial charge in [-0.3, -0.25) is 0 Å². The first-order valence-electron chi connectivity index (χ1n) is 10.2. The summed E-state index contributed by atoms with van der Waals surface area (Å²) >= 11 is 0. The molecular weight excluding hydrogens is 457 g/mol. The number of fused-ring (bicyclic) bond motifs is 1. The van der Waals surface area contributed by atoms with Gasteiger partial charge in [-0.15, -0.1) is 5.10 Å². The van der Waals surface area contributed by atoms with E-state index in [1.165, 1.54) is 10.9 Å². The van der Waals surface area contributed by atoms with Crippen molar-refractivity contribution in [2.75, 3.05) is 6.61 Å². The van der Waals surface area contributed by atoms with Gasteiger partial charge in [-0.05, 0) is 17.7 Å². The molecule has 13 heteroatoms. The summed E-state index contributed by atoms with van der Waals surface area (Å²) in [7, 11) is 0. The first-order chi connectivity index (χ1) is 16.5. The number of benzene rings is 2. The number of aliphatic hydroxyl groups is 1. The molecule has 10 nitrogen and oxygen atoms in total. The maximum Gasteiger partial charge on any atom is 0.194 e. The van der Waals surface area contributed by atoms with E-state index in [-0.39, 0.29) is 17.9 Å². The molecule has 3 aromatic rings. The molecule has 0 saturated carbocycles. The Morgan fingerprint density at radius 2 is 1.85 bits per heavy atom. The maximum absolute atomic E-state index is 13.7. The summed E-state index contributed by atoms with van der Waals surface area (Å²) in [5, 5.41) is 22.3. The third kappa shape index (κ3) is 4.00. The first-order valence-corrected chi connectivity index (χ1v) is 10.2. The molecule has 0 bridgehead atoms. The quantitative estimate of drug-likeness (QED) is 0.267. The summed E-state index contributed by atoms with van der Waals surface area (Å²) in [6, 6.07) is 9.72. The second-order valence-electron chi connectivity index (χ2n) is 7.77. The van der Waals surface area contributed by atoms with Gasteiger partial charge < -0.3 is 19.3 Å². The molecular formula is C21H17F3N6O4. The molecule has 0 spiro atoms. The van der Waals surface area contributed by atoms with E-state index in [4.69, 9.17) is 19.7 Å². The summed E-state index contributed by atoms with van der Waals surface area (Å²) in [5.41, 5.74) is 9.59. The molecule has 1 aromatic heterocycles. The number of ether oxygens (including phenoxy) is 3. The third-order valence-electron chi connectivity index (χ3n) is 5.68. The van der Waals surface area contributed by atoms with Crippen LogP contribution in [0.3, 0.4) is 0 Å². The highest BCUT2D eigenvalue weighted by Crippen LogP contribution is 2.39. The van der Waals surface area contributed by atoms with E-state index >= 15 is 0 Å². The van der Waals surface area contributed by atoms with Gasteiger partial charge in [-0.1, -0.05) is 40.7 Å². The van der Waals surface area contributed by atoms with E-state index in [2.05, 4.69) is 20.3 Å². The second-order valence-corrected chi connectivity index (χ2v) is 7.77. The molecule has 1 unspecified atom stereocenters. The average molecular weight is 474 g/mol. The minimum Gasteiger partial charge on any atom is -0.388 e.